The van der Waals surface area contributed by atoms with Gasteiger partial charge in [-0.15, -0.1) is 0 Å². The molecular weight excluding hydrogens is 306 g/mol. The minimum atomic E-state index is 0.120. The summed E-state index contributed by atoms with van der Waals surface area (Å²) in [7, 11) is 0. The normalized spacial score (nSPS) is 29.9. The fourth-order valence-corrected chi connectivity index (χ4v) is 4.04. The summed E-state index contributed by atoms with van der Waals surface area (Å²) in [6.07, 6.45) is 4.10. The molecule has 0 radical (unpaired) electrons. The molecule has 0 aromatic heterocycles. The number of rotatable bonds is 3. The van der Waals surface area contributed by atoms with E-state index in [-0.39, 0.29) is 17.9 Å². The number of carbonyl (C=O) groups is 2. The van der Waals surface area contributed by atoms with E-state index >= 15 is 0 Å². The third kappa shape index (κ3) is 4.09. The molecule has 0 aliphatic carbocycles. The molecule has 136 valence electrons. The lowest BCUT2D eigenvalue weighted by atomic mass is 9.95. The van der Waals surface area contributed by atoms with Crippen LogP contribution in [-0.4, -0.2) is 84.5 Å². The summed E-state index contributed by atoms with van der Waals surface area (Å²) in [4.78, 5) is 31.3. The molecular formula is C18H31N3O3. The number of carbonyl (C=O) groups excluding carboxylic acids is 2. The SMILES string of the molecule is CC1CN(CC(=O)N2CCC(C(=O)N3CCCC3)CC2)C(C)CO1. The summed E-state index contributed by atoms with van der Waals surface area (Å²) in [5.74, 6) is 0.632. The van der Waals surface area contributed by atoms with Gasteiger partial charge in [-0.25, -0.2) is 0 Å². The summed E-state index contributed by atoms with van der Waals surface area (Å²) in [5.41, 5.74) is 0. The van der Waals surface area contributed by atoms with Gasteiger partial charge in [-0.3, -0.25) is 14.5 Å². The molecule has 0 saturated carbocycles. The summed E-state index contributed by atoms with van der Waals surface area (Å²) >= 11 is 0. The Morgan fingerprint density at radius 2 is 1.67 bits per heavy atom. The highest BCUT2D eigenvalue weighted by Gasteiger charge is 2.32. The zero-order chi connectivity index (χ0) is 17.1. The highest BCUT2D eigenvalue weighted by Crippen LogP contribution is 2.22. The van der Waals surface area contributed by atoms with Crippen molar-refractivity contribution >= 4 is 11.8 Å². The first-order valence-electron chi connectivity index (χ1n) is 9.47. The van der Waals surface area contributed by atoms with Gasteiger partial charge < -0.3 is 14.5 Å². The lowest BCUT2D eigenvalue weighted by Crippen LogP contribution is -2.52. The van der Waals surface area contributed by atoms with E-state index in [2.05, 4.69) is 18.7 Å². The summed E-state index contributed by atoms with van der Waals surface area (Å²) in [5, 5.41) is 0. The van der Waals surface area contributed by atoms with Crippen molar-refractivity contribution in [2.24, 2.45) is 5.92 Å². The third-order valence-electron chi connectivity index (χ3n) is 5.69. The van der Waals surface area contributed by atoms with E-state index in [4.69, 9.17) is 4.74 Å². The molecule has 0 aromatic rings. The molecule has 6 nitrogen and oxygen atoms in total. The first-order chi connectivity index (χ1) is 11.5. The van der Waals surface area contributed by atoms with Gasteiger partial charge in [0.2, 0.25) is 11.8 Å². The maximum Gasteiger partial charge on any atom is 0.236 e. The quantitative estimate of drug-likeness (QED) is 0.770. The van der Waals surface area contributed by atoms with Gasteiger partial charge in [-0.05, 0) is 39.5 Å². The second kappa shape index (κ2) is 7.83. The second-order valence-electron chi connectivity index (χ2n) is 7.61. The van der Waals surface area contributed by atoms with Crippen LogP contribution in [0.1, 0.15) is 39.5 Å². The van der Waals surface area contributed by atoms with Gasteiger partial charge in [0.1, 0.15) is 0 Å². The van der Waals surface area contributed by atoms with Crippen molar-refractivity contribution in [3.63, 3.8) is 0 Å². The largest absolute Gasteiger partial charge is 0.376 e. The lowest BCUT2D eigenvalue weighted by molar-refractivity contribution is -0.142. The van der Waals surface area contributed by atoms with Crippen LogP contribution in [-0.2, 0) is 14.3 Å². The number of likely N-dealkylation sites (tertiary alicyclic amines) is 2. The van der Waals surface area contributed by atoms with Gasteiger partial charge >= 0.3 is 0 Å². The summed E-state index contributed by atoms with van der Waals surface area (Å²) < 4.78 is 5.63. The third-order valence-corrected chi connectivity index (χ3v) is 5.69. The molecule has 0 bridgehead atoms. The van der Waals surface area contributed by atoms with Crippen LogP contribution in [0.25, 0.3) is 0 Å². The zero-order valence-corrected chi connectivity index (χ0v) is 15.1. The molecule has 3 rings (SSSR count). The number of amides is 2. The minimum Gasteiger partial charge on any atom is -0.376 e. The van der Waals surface area contributed by atoms with Crippen LogP contribution < -0.4 is 0 Å². The molecule has 2 amide bonds. The monoisotopic (exact) mass is 337 g/mol. The van der Waals surface area contributed by atoms with Crippen LogP contribution in [0.5, 0.6) is 0 Å². The molecule has 0 aromatic carbocycles. The Kier molecular flexibility index (Phi) is 5.76. The lowest BCUT2D eigenvalue weighted by Gasteiger charge is -2.38. The van der Waals surface area contributed by atoms with Crippen LogP contribution in [0.4, 0.5) is 0 Å². The smallest absolute Gasteiger partial charge is 0.236 e. The molecule has 2 unspecified atom stereocenters. The zero-order valence-electron chi connectivity index (χ0n) is 15.1. The Hall–Kier alpha value is -1.14. The van der Waals surface area contributed by atoms with Crippen molar-refractivity contribution in [3.8, 4) is 0 Å². The molecule has 6 heteroatoms. The average molecular weight is 337 g/mol. The Morgan fingerprint density at radius 3 is 2.33 bits per heavy atom. The van der Waals surface area contributed by atoms with Gasteiger partial charge in [0.15, 0.2) is 0 Å². The van der Waals surface area contributed by atoms with Gasteiger partial charge in [-0.1, -0.05) is 0 Å². The number of piperidine rings is 1. The van der Waals surface area contributed by atoms with E-state index in [0.29, 0.717) is 25.1 Å². The van der Waals surface area contributed by atoms with E-state index in [1.54, 1.807) is 0 Å². The van der Waals surface area contributed by atoms with Crippen LogP contribution >= 0.6 is 0 Å². The van der Waals surface area contributed by atoms with Crippen molar-refractivity contribution in [3.05, 3.63) is 0 Å². The fraction of sp³-hybridized carbons (Fsp3) is 0.889. The number of morpholine rings is 1. The van der Waals surface area contributed by atoms with Crippen LogP contribution in [0, 0.1) is 5.92 Å². The number of ether oxygens (including phenoxy) is 1. The first kappa shape index (κ1) is 17.7. The highest BCUT2D eigenvalue weighted by atomic mass is 16.5. The predicted octanol–water partition coefficient (Wildman–Crippen LogP) is 0.957. The summed E-state index contributed by atoms with van der Waals surface area (Å²) in [6, 6.07) is 0.291. The van der Waals surface area contributed by atoms with Crippen molar-refractivity contribution in [2.45, 2.75) is 51.7 Å². The van der Waals surface area contributed by atoms with E-state index in [9.17, 15) is 9.59 Å². The molecule has 3 aliphatic heterocycles. The van der Waals surface area contributed by atoms with Crippen molar-refractivity contribution < 1.29 is 14.3 Å². The van der Waals surface area contributed by atoms with E-state index in [0.717, 1.165) is 58.4 Å². The van der Waals surface area contributed by atoms with Gasteiger partial charge in [0.25, 0.3) is 0 Å². The van der Waals surface area contributed by atoms with Gasteiger partial charge in [0.05, 0.1) is 19.3 Å². The number of nitrogens with zero attached hydrogens (tertiary/aromatic N) is 3. The fourth-order valence-electron chi connectivity index (χ4n) is 4.04. The van der Waals surface area contributed by atoms with Crippen LogP contribution in [0.15, 0.2) is 0 Å². The number of hydrogen-bond acceptors (Lipinski definition) is 4. The number of hydrogen-bond donors (Lipinski definition) is 0. The molecule has 3 heterocycles. The average Bonchev–Trinajstić information content (AvgIpc) is 3.12. The van der Waals surface area contributed by atoms with E-state index in [1.807, 2.05) is 9.80 Å². The Labute approximate surface area is 145 Å². The van der Waals surface area contributed by atoms with Gasteiger partial charge in [0, 0.05) is 44.7 Å². The molecule has 3 fully saturated rings. The summed E-state index contributed by atoms with van der Waals surface area (Å²) in [6.45, 7) is 9.43. The molecule has 0 spiro atoms. The van der Waals surface area contributed by atoms with Crippen molar-refractivity contribution in [1.29, 1.82) is 0 Å². The van der Waals surface area contributed by atoms with Gasteiger partial charge in [-0.2, -0.15) is 0 Å². The molecule has 3 aliphatic rings. The molecule has 2 atom stereocenters. The van der Waals surface area contributed by atoms with Crippen LogP contribution in [0.2, 0.25) is 0 Å². The topological polar surface area (TPSA) is 53.1 Å². The Balaban J connectivity index is 1.45. The Bertz CT molecular complexity index is 456. The molecule has 24 heavy (non-hydrogen) atoms. The van der Waals surface area contributed by atoms with E-state index in [1.165, 1.54) is 0 Å². The standard InChI is InChI=1S/C18H31N3O3/c1-14-13-24-15(2)11-21(14)12-17(22)19-9-5-16(6-10-19)18(23)20-7-3-4-8-20/h14-16H,3-13H2,1-2H3. The predicted molar refractivity (Wildman–Crippen MR) is 91.6 cm³/mol. The first-order valence-corrected chi connectivity index (χ1v) is 9.47. The molecule has 3 saturated heterocycles. The Morgan fingerprint density at radius 1 is 1.00 bits per heavy atom. The van der Waals surface area contributed by atoms with Crippen LogP contribution in [0.3, 0.4) is 0 Å². The van der Waals surface area contributed by atoms with Crippen molar-refractivity contribution in [1.82, 2.24) is 14.7 Å². The maximum atomic E-state index is 12.6. The second-order valence-corrected chi connectivity index (χ2v) is 7.61. The van der Waals surface area contributed by atoms with E-state index < -0.39 is 0 Å². The highest BCUT2D eigenvalue weighted by molar-refractivity contribution is 5.81. The maximum absolute atomic E-state index is 12.6. The minimum absolute atomic E-state index is 0.120. The van der Waals surface area contributed by atoms with Crippen molar-refractivity contribution in [2.75, 3.05) is 45.9 Å². The molecule has 0 N–H and O–H groups in total.